The standard InChI is InChI=1S/C26H33N3O5/c1-26(2,3)16-23(30)29(17-18-10-8-7-9-11-18)13-12-22-27-25(28-34-22)19-14-20(31-4)24(33-6)21(15-19)32-5/h7-11,14-15H,12-13,16-17H2,1-6H3. The van der Waals surface area contributed by atoms with E-state index in [0.717, 1.165) is 5.56 Å². The van der Waals surface area contributed by atoms with Gasteiger partial charge in [0, 0.05) is 31.5 Å². The van der Waals surface area contributed by atoms with E-state index in [-0.39, 0.29) is 11.3 Å². The predicted molar refractivity (Wildman–Crippen MR) is 129 cm³/mol. The van der Waals surface area contributed by atoms with Gasteiger partial charge in [-0.15, -0.1) is 0 Å². The molecule has 3 aromatic rings. The zero-order valence-electron chi connectivity index (χ0n) is 20.8. The van der Waals surface area contributed by atoms with Crippen molar-refractivity contribution >= 4 is 5.91 Å². The summed E-state index contributed by atoms with van der Waals surface area (Å²) in [5.41, 5.74) is 1.65. The highest BCUT2D eigenvalue weighted by atomic mass is 16.5. The van der Waals surface area contributed by atoms with Crippen molar-refractivity contribution < 1.29 is 23.5 Å². The molecule has 1 heterocycles. The molecule has 0 saturated heterocycles. The smallest absolute Gasteiger partial charge is 0.228 e. The number of aromatic nitrogens is 2. The zero-order chi connectivity index (χ0) is 24.7. The van der Waals surface area contributed by atoms with Gasteiger partial charge in [0.1, 0.15) is 0 Å². The van der Waals surface area contributed by atoms with Gasteiger partial charge in [-0.25, -0.2) is 0 Å². The van der Waals surface area contributed by atoms with Crippen molar-refractivity contribution in [1.29, 1.82) is 0 Å². The fourth-order valence-electron chi connectivity index (χ4n) is 3.58. The van der Waals surface area contributed by atoms with Gasteiger partial charge >= 0.3 is 0 Å². The second kappa shape index (κ2) is 11.0. The summed E-state index contributed by atoms with van der Waals surface area (Å²) in [5.74, 6) is 2.46. The summed E-state index contributed by atoms with van der Waals surface area (Å²) in [5, 5.41) is 4.12. The fraction of sp³-hybridized carbons (Fsp3) is 0.423. The third kappa shape index (κ3) is 6.50. The molecule has 0 atom stereocenters. The van der Waals surface area contributed by atoms with Crippen molar-refractivity contribution in [2.24, 2.45) is 5.41 Å². The second-order valence-corrected chi connectivity index (χ2v) is 9.21. The van der Waals surface area contributed by atoms with E-state index in [2.05, 4.69) is 30.9 Å². The van der Waals surface area contributed by atoms with Crippen molar-refractivity contribution in [3.8, 4) is 28.6 Å². The Balaban J connectivity index is 1.77. The predicted octanol–water partition coefficient (Wildman–Crippen LogP) is 4.77. The highest BCUT2D eigenvalue weighted by Crippen LogP contribution is 2.40. The number of hydrogen-bond acceptors (Lipinski definition) is 7. The molecule has 3 rings (SSSR count). The van der Waals surface area contributed by atoms with Crippen LogP contribution in [0.3, 0.4) is 0 Å². The van der Waals surface area contributed by atoms with Gasteiger partial charge in [0.05, 0.1) is 21.3 Å². The first-order valence-corrected chi connectivity index (χ1v) is 11.2. The van der Waals surface area contributed by atoms with Crippen LogP contribution in [-0.2, 0) is 17.8 Å². The molecule has 34 heavy (non-hydrogen) atoms. The SMILES string of the molecule is COc1cc(-c2noc(CCN(Cc3ccccc3)C(=O)CC(C)(C)C)n2)cc(OC)c1OC. The van der Waals surface area contributed by atoms with Crippen LogP contribution in [0.4, 0.5) is 0 Å². The zero-order valence-corrected chi connectivity index (χ0v) is 20.8. The van der Waals surface area contributed by atoms with Gasteiger partial charge in [0.25, 0.3) is 0 Å². The van der Waals surface area contributed by atoms with Gasteiger partial charge in [0.2, 0.25) is 23.4 Å². The Labute approximate surface area is 200 Å². The highest BCUT2D eigenvalue weighted by molar-refractivity contribution is 5.76. The molecule has 0 aliphatic carbocycles. The Hall–Kier alpha value is -3.55. The molecule has 0 aliphatic rings. The molecule has 0 bridgehead atoms. The van der Waals surface area contributed by atoms with Crippen molar-refractivity contribution in [3.05, 3.63) is 53.9 Å². The molecule has 0 spiro atoms. The lowest BCUT2D eigenvalue weighted by molar-refractivity contribution is -0.133. The third-order valence-electron chi connectivity index (χ3n) is 5.24. The third-order valence-corrected chi connectivity index (χ3v) is 5.24. The summed E-state index contributed by atoms with van der Waals surface area (Å²) in [6, 6.07) is 13.5. The Morgan fingerprint density at radius 3 is 2.21 bits per heavy atom. The number of benzene rings is 2. The van der Waals surface area contributed by atoms with E-state index in [1.807, 2.05) is 35.2 Å². The average molecular weight is 468 g/mol. The first-order valence-electron chi connectivity index (χ1n) is 11.2. The van der Waals surface area contributed by atoms with Crippen molar-refractivity contribution in [2.75, 3.05) is 27.9 Å². The van der Waals surface area contributed by atoms with Gasteiger partial charge in [0.15, 0.2) is 11.5 Å². The van der Waals surface area contributed by atoms with Crippen molar-refractivity contribution in [3.63, 3.8) is 0 Å². The molecule has 8 nitrogen and oxygen atoms in total. The van der Waals surface area contributed by atoms with Crippen LogP contribution in [-0.4, -0.2) is 48.8 Å². The van der Waals surface area contributed by atoms with Crippen LogP contribution in [0.25, 0.3) is 11.4 Å². The van der Waals surface area contributed by atoms with Gasteiger partial charge < -0.3 is 23.6 Å². The van der Waals surface area contributed by atoms with Crippen LogP contribution < -0.4 is 14.2 Å². The van der Waals surface area contributed by atoms with Crippen LogP contribution in [0, 0.1) is 5.41 Å². The Bertz CT molecular complexity index is 1060. The maximum absolute atomic E-state index is 13.0. The van der Waals surface area contributed by atoms with E-state index in [0.29, 0.717) is 60.5 Å². The molecule has 1 aromatic heterocycles. The first-order chi connectivity index (χ1) is 16.2. The monoisotopic (exact) mass is 467 g/mol. The fourth-order valence-corrected chi connectivity index (χ4v) is 3.58. The van der Waals surface area contributed by atoms with E-state index in [1.165, 1.54) is 0 Å². The number of nitrogens with zero attached hydrogens (tertiary/aromatic N) is 3. The molecule has 0 N–H and O–H groups in total. The van der Waals surface area contributed by atoms with Gasteiger partial charge in [-0.1, -0.05) is 56.3 Å². The number of rotatable bonds is 10. The molecular formula is C26H33N3O5. The van der Waals surface area contributed by atoms with E-state index < -0.39 is 0 Å². The van der Waals surface area contributed by atoms with E-state index in [9.17, 15) is 4.79 Å². The Morgan fingerprint density at radius 1 is 1.00 bits per heavy atom. The molecule has 0 fully saturated rings. The minimum Gasteiger partial charge on any atom is -0.493 e. The van der Waals surface area contributed by atoms with Crippen LogP contribution in [0.1, 0.15) is 38.6 Å². The summed E-state index contributed by atoms with van der Waals surface area (Å²) in [4.78, 5) is 19.4. The van der Waals surface area contributed by atoms with Crippen LogP contribution >= 0.6 is 0 Å². The summed E-state index contributed by atoms with van der Waals surface area (Å²) in [6.45, 7) is 7.19. The maximum atomic E-state index is 13.0. The number of amides is 1. The summed E-state index contributed by atoms with van der Waals surface area (Å²) >= 11 is 0. The van der Waals surface area contributed by atoms with E-state index in [1.54, 1.807) is 33.5 Å². The topological polar surface area (TPSA) is 86.9 Å². The van der Waals surface area contributed by atoms with Gasteiger partial charge in [-0.2, -0.15) is 4.98 Å². The average Bonchev–Trinajstić information content (AvgIpc) is 3.29. The second-order valence-electron chi connectivity index (χ2n) is 9.21. The molecule has 0 unspecified atom stereocenters. The molecule has 0 aliphatic heterocycles. The number of hydrogen-bond donors (Lipinski definition) is 0. The van der Waals surface area contributed by atoms with Crippen LogP contribution in [0.2, 0.25) is 0 Å². The molecular weight excluding hydrogens is 434 g/mol. The first kappa shape index (κ1) is 25.1. The van der Waals surface area contributed by atoms with Crippen LogP contribution in [0.5, 0.6) is 17.2 Å². The van der Waals surface area contributed by atoms with Crippen molar-refractivity contribution in [2.45, 2.75) is 40.2 Å². The largest absolute Gasteiger partial charge is 0.493 e. The number of ether oxygens (including phenoxy) is 3. The quantitative estimate of drug-likeness (QED) is 0.424. The van der Waals surface area contributed by atoms with E-state index in [4.69, 9.17) is 18.7 Å². The molecule has 1 amide bonds. The molecule has 182 valence electrons. The highest BCUT2D eigenvalue weighted by Gasteiger charge is 2.23. The summed E-state index contributed by atoms with van der Waals surface area (Å²) in [7, 11) is 4.66. The summed E-state index contributed by atoms with van der Waals surface area (Å²) in [6.07, 6.45) is 0.903. The molecule has 8 heteroatoms. The van der Waals surface area contributed by atoms with Gasteiger partial charge in [-0.3, -0.25) is 4.79 Å². The Kier molecular flexibility index (Phi) is 8.15. The van der Waals surface area contributed by atoms with Crippen LogP contribution in [0.15, 0.2) is 47.0 Å². The van der Waals surface area contributed by atoms with E-state index >= 15 is 0 Å². The molecule has 0 radical (unpaired) electrons. The Morgan fingerprint density at radius 2 is 1.65 bits per heavy atom. The lowest BCUT2D eigenvalue weighted by atomic mass is 9.91. The summed E-state index contributed by atoms with van der Waals surface area (Å²) < 4.78 is 21.7. The van der Waals surface area contributed by atoms with Crippen molar-refractivity contribution in [1.82, 2.24) is 15.0 Å². The minimum atomic E-state index is -0.101. The minimum absolute atomic E-state index is 0.0979. The maximum Gasteiger partial charge on any atom is 0.228 e. The lowest BCUT2D eigenvalue weighted by Crippen LogP contribution is -2.34. The number of methoxy groups -OCH3 is 3. The lowest BCUT2D eigenvalue weighted by Gasteiger charge is -2.26. The normalized spacial score (nSPS) is 11.2. The molecule has 0 saturated carbocycles. The van der Waals surface area contributed by atoms with Gasteiger partial charge in [-0.05, 0) is 23.1 Å². The molecule has 2 aromatic carbocycles. The number of carbonyl (C=O) groups excluding carboxylic acids is 1. The number of carbonyl (C=O) groups is 1.